The molecule has 2 saturated heterocycles. The van der Waals surface area contributed by atoms with Crippen LogP contribution >= 0.6 is 0 Å². The zero-order valence-corrected chi connectivity index (χ0v) is 12.5. The molecule has 3 heteroatoms. The van der Waals surface area contributed by atoms with Crippen molar-refractivity contribution in [3.63, 3.8) is 0 Å². The summed E-state index contributed by atoms with van der Waals surface area (Å²) in [4.78, 5) is 0. The lowest BCUT2D eigenvalue weighted by atomic mass is 9.75. The monoisotopic (exact) mass is 295 g/mol. The Labute approximate surface area is 130 Å². The summed E-state index contributed by atoms with van der Waals surface area (Å²) in [5.41, 5.74) is 2.55. The van der Waals surface area contributed by atoms with E-state index < -0.39 is 5.60 Å². The third kappa shape index (κ3) is 2.45. The van der Waals surface area contributed by atoms with E-state index in [4.69, 9.17) is 4.74 Å². The molecule has 2 aromatic rings. The zero-order chi connectivity index (χ0) is 15.0. The second-order valence-corrected chi connectivity index (χ2v) is 6.45. The molecule has 0 radical (unpaired) electrons. The molecule has 0 amide bonds. The van der Waals surface area contributed by atoms with Crippen molar-refractivity contribution in [3.05, 3.63) is 60.2 Å². The first-order valence-electron chi connectivity index (χ1n) is 7.96. The van der Waals surface area contributed by atoms with E-state index in [1.54, 1.807) is 0 Å². The van der Waals surface area contributed by atoms with Gasteiger partial charge in [-0.3, -0.25) is 0 Å². The highest BCUT2D eigenvalue weighted by molar-refractivity contribution is 5.68. The van der Waals surface area contributed by atoms with Gasteiger partial charge in [0.25, 0.3) is 0 Å². The topological polar surface area (TPSA) is 41.5 Å². The first-order valence-corrected chi connectivity index (χ1v) is 7.96. The van der Waals surface area contributed by atoms with Crippen LogP contribution in [0.5, 0.6) is 0 Å². The zero-order valence-electron chi connectivity index (χ0n) is 12.5. The van der Waals surface area contributed by atoms with Crippen LogP contribution in [0.2, 0.25) is 0 Å². The number of fused-ring (bicyclic) bond motifs is 2. The Hall–Kier alpha value is -1.68. The number of hydrogen-bond acceptors (Lipinski definition) is 3. The van der Waals surface area contributed by atoms with Crippen LogP contribution in [0.15, 0.2) is 54.6 Å². The quantitative estimate of drug-likeness (QED) is 0.895. The molecule has 2 aliphatic heterocycles. The molecule has 0 aromatic heterocycles. The maximum atomic E-state index is 11.4. The van der Waals surface area contributed by atoms with E-state index in [0.717, 1.165) is 16.7 Å². The fraction of sp³-hybridized carbons (Fsp3) is 0.368. The summed E-state index contributed by atoms with van der Waals surface area (Å²) in [5, 5.41) is 14.9. The van der Waals surface area contributed by atoms with Gasteiger partial charge in [-0.05, 0) is 29.5 Å². The highest BCUT2D eigenvalue weighted by atomic mass is 16.5. The molecule has 2 N–H and O–H groups in total. The van der Waals surface area contributed by atoms with Gasteiger partial charge in [-0.25, -0.2) is 0 Å². The molecular weight excluding hydrogens is 274 g/mol. The number of benzene rings is 2. The number of piperidine rings is 1. The Morgan fingerprint density at radius 1 is 0.909 bits per heavy atom. The van der Waals surface area contributed by atoms with Crippen LogP contribution in [-0.2, 0) is 10.3 Å². The van der Waals surface area contributed by atoms with Crippen LogP contribution in [0.4, 0.5) is 0 Å². The Morgan fingerprint density at radius 3 is 2.27 bits per heavy atom. The van der Waals surface area contributed by atoms with E-state index in [0.29, 0.717) is 26.1 Å². The number of nitrogens with one attached hydrogen (secondary N) is 1. The normalized spacial score (nSPS) is 31.0. The van der Waals surface area contributed by atoms with Crippen LogP contribution in [-0.4, -0.2) is 30.4 Å². The van der Waals surface area contributed by atoms with Crippen LogP contribution in [0.1, 0.15) is 18.4 Å². The number of morpholine rings is 1. The van der Waals surface area contributed by atoms with Gasteiger partial charge in [0, 0.05) is 12.1 Å². The highest BCUT2D eigenvalue weighted by Gasteiger charge is 2.43. The summed E-state index contributed by atoms with van der Waals surface area (Å²) in [6.45, 7) is 1.37. The van der Waals surface area contributed by atoms with Crippen LogP contribution < -0.4 is 5.32 Å². The fourth-order valence-electron chi connectivity index (χ4n) is 3.89. The van der Waals surface area contributed by atoms with Crippen molar-refractivity contribution in [1.82, 2.24) is 5.32 Å². The van der Waals surface area contributed by atoms with Crippen molar-refractivity contribution in [3.8, 4) is 11.1 Å². The molecule has 2 heterocycles. The summed E-state index contributed by atoms with van der Waals surface area (Å²) < 4.78 is 5.61. The van der Waals surface area contributed by atoms with Crippen molar-refractivity contribution in [2.75, 3.05) is 13.2 Å². The van der Waals surface area contributed by atoms with Crippen LogP contribution in [0.3, 0.4) is 0 Å². The maximum Gasteiger partial charge on any atom is 0.0933 e. The molecule has 2 fully saturated rings. The summed E-state index contributed by atoms with van der Waals surface area (Å²) in [6.07, 6.45) is 1.40. The standard InChI is InChI=1S/C19H21NO2/c21-19(10-15-12-22-13-16(11-19)20-15)18-9-5-4-8-17(18)14-6-2-1-3-7-14/h1-9,15-16,20-21H,10-13H2. The van der Waals surface area contributed by atoms with Gasteiger partial charge >= 0.3 is 0 Å². The summed E-state index contributed by atoms with van der Waals surface area (Å²) in [7, 11) is 0. The molecule has 2 aromatic carbocycles. The molecule has 0 aliphatic carbocycles. The second-order valence-electron chi connectivity index (χ2n) is 6.45. The van der Waals surface area contributed by atoms with Gasteiger partial charge in [-0.15, -0.1) is 0 Å². The van der Waals surface area contributed by atoms with Gasteiger partial charge in [0.2, 0.25) is 0 Å². The molecule has 0 saturated carbocycles. The average Bonchev–Trinajstić information content (AvgIpc) is 2.55. The molecule has 0 spiro atoms. The number of hydrogen-bond donors (Lipinski definition) is 2. The smallest absolute Gasteiger partial charge is 0.0933 e. The lowest BCUT2D eigenvalue weighted by molar-refractivity contribution is -0.0799. The van der Waals surface area contributed by atoms with Gasteiger partial charge in [0.1, 0.15) is 0 Å². The molecule has 2 unspecified atom stereocenters. The Morgan fingerprint density at radius 2 is 1.55 bits per heavy atom. The van der Waals surface area contributed by atoms with Crippen molar-refractivity contribution in [2.45, 2.75) is 30.5 Å². The van der Waals surface area contributed by atoms with Crippen molar-refractivity contribution < 1.29 is 9.84 Å². The Bertz CT molecular complexity index is 643. The van der Waals surface area contributed by atoms with Crippen LogP contribution in [0.25, 0.3) is 11.1 Å². The molecular formula is C19H21NO2. The highest BCUT2D eigenvalue weighted by Crippen LogP contribution is 2.41. The predicted molar refractivity (Wildman–Crippen MR) is 86.5 cm³/mol. The molecule has 2 aliphatic rings. The lowest BCUT2D eigenvalue weighted by Gasteiger charge is -2.45. The van der Waals surface area contributed by atoms with E-state index in [-0.39, 0.29) is 12.1 Å². The van der Waals surface area contributed by atoms with Crippen molar-refractivity contribution in [2.24, 2.45) is 0 Å². The molecule has 2 bridgehead atoms. The maximum absolute atomic E-state index is 11.4. The fourth-order valence-corrected chi connectivity index (χ4v) is 3.89. The summed E-state index contributed by atoms with van der Waals surface area (Å²) >= 11 is 0. The van der Waals surface area contributed by atoms with Gasteiger partial charge in [-0.2, -0.15) is 0 Å². The van der Waals surface area contributed by atoms with E-state index in [1.165, 1.54) is 0 Å². The third-order valence-corrected chi connectivity index (χ3v) is 4.79. The molecule has 114 valence electrons. The van der Waals surface area contributed by atoms with Gasteiger partial charge < -0.3 is 15.2 Å². The number of rotatable bonds is 2. The minimum Gasteiger partial charge on any atom is -0.385 e. The van der Waals surface area contributed by atoms with E-state index in [9.17, 15) is 5.11 Å². The predicted octanol–water partition coefficient (Wildman–Crippen LogP) is 2.69. The number of aliphatic hydroxyl groups is 1. The van der Waals surface area contributed by atoms with E-state index in [1.807, 2.05) is 30.3 Å². The third-order valence-electron chi connectivity index (χ3n) is 4.79. The number of ether oxygens (including phenoxy) is 1. The Kier molecular flexibility index (Phi) is 3.49. The molecule has 3 nitrogen and oxygen atoms in total. The SMILES string of the molecule is OC1(c2ccccc2-c2ccccc2)CC2COCC(C1)N2. The summed E-state index contributed by atoms with van der Waals surface area (Å²) in [5.74, 6) is 0. The summed E-state index contributed by atoms with van der Waals surface area (Å²) in [6, 6.07) is 19.0. The lowest BCUT2D eigenvalue weighted by Crippen LogP contribution is -2.58. The van der Waals surface area contributed by atoms with E-state index in [2.05, 4.69) is 29.6 Å². The second kappa shape index (κ2) is 5.51. The Balaban J connectivity index is 1.76. The van der Waals surface area contributed by atoms with Gasteiger partial charge in [-0.1, -0.05) is 54.6 Å². The average molecular weight is 295 g/mol. The molecule has 4 rings (SSSR count). The van der Waals surface area contributed by atoms with Crippen molar-refractivity contribution in [1.29, 1.82) is 0 Å². The molecule has 22 heavy (non-hydrogen) atoms. The van der Waals surface area contributed by atoms with Gasteiger partial charge in [0.15, 0.2) is 0 Å². The van der Waals surface area contributed by atoms with E-state index >= 15 is 0 Å². The van der Waals surface area contributed by atoms with Crippen molar-refractivity contribution >= 4 is 0 Å². The van der Waals surface area contributed by atoms with Crippen LogP contribution in [0, 0.1) is 0 Å². The first-order chi connectivity index (χ1) is 10.7. The molecule has 2 atom stereocenters. The minimum absolute atomic E-state index is 0.237. The largest absolute Gasteiger partial charge is 0.385 e. The first kappa shape index (κ1) is 13.9. The van der Waals surface area contributed by atoms with Gasteiger partial charge in [0.05, 0.1) is 18.8 Å². The minimum atomic E-state index is -0.781.